The molecule has 3 nitrogen and oxygen atoms in total. The van der Waals surface area contributed by atoms with Gasteiger partial charge in [-0.25, -0.2) is 0 Å². The summed E-state index contributed by atoms with van der Waals surface area (Å²) in [7, 11) is 0. The SMILES string of the molecule is N#C[C@H](/C=C/c1ccccc1)Nc1ccccc1CO. The normalized spacial score (nSPS) is 12.0. The molecule has 0 spiro atoms. The van der Waals surface area contributed by atoms with Crippen LogP contribution < -0.4 is 5.32 Å². The highest BCUT2D eigenvalue weighted by Crippen LogP contribution is 2.16. The van der Waals surface area contributed by atoms with Crippen molar-refractivity contribution in [2.45, 2.75) is 12.6 Å². The number of para-hydroxylation sites is 1. The number of nitrogens with zero attached hydrogens (tertiary/aromatic N) is 1. The van der Waals surface area contributed by atoms with Crippen molar-refractivity contribution in [1.29, 1.82) is 5.26 Å². The summed E-state index contributed by atoms with van der Waals surface area (Å²) >= 11 is 0. The molecule has 0 saturated carbocycles. The van der Waals surface area contributed by atoms with Gasteiger partial charge in [0.15, 0.2) is 0 Å². The minimum atomic E-state index is -0.442. The standard InChI is InChI=1S/C17H16N2O/c18-12-16(11-10-14-6-2-1-3-7-14)19-17-9-5-4-8-15(17)13-20/h1-11,16,19-20H,13H2/b11-10+/t16-/m0/s1. The topological polar surface area (TPSA) is 56.0 Å². The fourth-order valence-corrected chi connectivity index (χ4v) is 1.86. The van der Waals surface area contributed by atoms with Gasteiger partial charge in [0, 0.05) is 11.3 Å². The van der Waals surface area contributed by atoms with Crippen LogP contribution in [-0.2, 0) is 6.61 Å². The fourth-order valence-electron chi connectivity index (χ4n) is 1.86. The van der Waals surface area contributed by atoms with Gasteiger partial charge in [0.2, 0.25) is 0 Å². The number of benzene rings is 2. The van der Waals surface area contributed by atoms with Gasteiger partial charge in [-0.3, -0.25) is 0 Å². The number of anilines is 1. The number of rotatable bonds is 5. The highest BCUT2D eigenvalue weighted by atomic mass is 16.3. The Labute approximate surface area is 118 Å². The largest absolute Gasteiger partial charge is 0.392 e. The Kier molecular flexibility index (Phi) is 4.94. The second-order valence-electron chi connectivity index (χ2n) is 4.34. The second kappa shape index (κ2) is 7.13. The molecule has 0 fully saturated rings. The number of hydrogen-bond donors (Lipinski definition) is 2. The van der Waals surface area contributed by atoms with E-state index < -0.39 is 6.04 Å². The van der Waals surface area contributed by atoms with Gasteiger partial charge in [0.05, 0.1) is 12.7 Å². The lowest BCUT2D eigenvalue weighted by Gasteiger charge is -2.12. The van der Waals surface area contributed by atoms with Crippen molar-refractivity contribution >= 4 is 11.8 Å². The van der Waals surface area contributed by atoms with E-state index in [1.54, 1.807) is 0 Å². The summed E-state index contributed by atoms with van der Waals surface area (Å²) < 4.78 is 0. The fraction of sp³-hybridized carbons (Fsp3) is 0.118. The van der Waals surface area contributed by atoms with Gasteiger partial charge in [-0.05, 0) is 17.7 Å². The van der Waals surface area contributed by atoms with E-state index in [9.17, 15) is 10.4 Å². The van der Waals surface area contributed by atoms with Crippen LogP contribution >= 0.6 is 0 Å². The van der Waals surface area contributed by atoms with Gasteiger partial charge in [0.1, 0.15) is 6.04 Å². The molecule has 0 aliphatic carbocycles. The minimum absolute atomic E-state index is 0.0519. The third kappa shape index (κ3) is 3.71. The van der Waals surface area contributed by atoms with Crippen molar-refractivity contribution in [2.24, 2.45) is 0 Å². The summed E-state index contributed by atoms with van der Waals surface area (Å²) in [6, 6.07) is 19.0. The van der Waals surface area contributed by atoms with Crippen LogP contribution in [0.4, 0.5) is 5.69 Å². The molecular formula is C17H16N2O. The van der Waals surface area contributed by atoms with Crippen LogP contribution in [0.5, 0.6) is 0 Å². The van der Waals surface area contributed by atoms with Crippen molar-refractivity contribution in [3.63, 3.8) is 0 Å². The maximum Gasteiger partial charge on any atom is 0.133 e. The van der Waals surface area contributed by atoms with Crippen molar-refractivity contribution in [3.8, 4) is 6.07 Å². The monoisotopic (exact) mass is 264 g/mol. The van der Waals surface area contributed by atoms with Gasteiger partial charge >= 0.3 is 0 Å². The summed E-state index contributed by atoms with van der Waals surface area (Å²) in [6.07, 6.45) is 3.71. The molecule has 100 valence electrons. The molecular weight excluding hydrogens is 248 g/mol. The smallest absolute Gasteiger partial charge is 0.133 e. The van der Waals surface area contributed by atoms with Crippen LogP contribution in [-0.4, -0.2) is 11.1 Å². The first kappa shape index (κ1) is 13.9. The Morgan fingerprint density at radius 2 is 1.80 bits per heavy atom. The number of nitrogens with one attached hydrogen (secondary N) is 1. The van der Waals surface area contributed by atoms with Crippen molar-refractivity contribution in [2.75, 3.05) is 5.32 Å². The third-order valence-corrected chi connectivity index (χ3v) is 2.92. The molecule has 0 saturated heterocycles. The lowest BCUT2D eigenvalue weighted by molar-refractivity contribution is 0.282. The molecule has 0 amide bonds. The molecule has 0 aliphatic rings. The predicted molar refractivity (Wildman–Crippen MR) is 80.9 cm³/mol. The van der Waals surface area contributed by atoms with E-state index in [2.05, 4.69) is 11.4 Å². The maximum atomic E-state index is 9.27. The summed E-state index contributed by atoms with van der Waals surface area (Å²) in [5.74, 6) is 0. The van der Waals surface area contributed by atoms with Crippen molar-refractivity contribution < 1.29 is 5.11 Å². The van der Waals surface area contributed by atoms with Gasteiger partial charge < -0.3 is 10.4 Å². The van der Waals surface area contributed by atoms with Crippen LogP contribution in [0.2, 0.25) is 0 Å². The summed E-state index contributed by atoms with van der Waals surface area (Å²) in [6.45, 7) is -0.0519. The van der Waals surface area contributed by atoms with Crippen LogP contribution in [0.3, 0.4) is 0 Å². The number of aliphatic hydroxyl groups is 1. The number of nitriles is 1. The molecule has 2 aromatic rings. The zero-order valence-electron chi connectivity index (χ0n) is 11.0. The third-order valence-electron chi connectivity index (χ3n) is 2.92. The van der Waals surface area contributed by atoms with Crippen LogP contribution in [0.15, 0.2) is 60.7 Å². The van der Waals surface area contributed by atoms with E-state index >= 15 is 0 Å². The van der Waals surface area contributed by atoms with Gasteiger partial charge in [-0.2, -0.15) is 5.26 Å². The van der Waals surface area contributed by atoms with Gasteiger partial charge in [-0.1, -0.05) is 54.6 Å². The zero-order chi connectivity index (χ0) is 14.2. The summed E-state index contributed by atoms with van der Waals surface area (Å²) in [5, 5.41) is 21.6. The maximum absolute atomic E-state index is 9.27. The first-order chi connectivity index (χ1) is 9.83. The first-order valence-electron chi connectivity index (χ1n) is 6.41. The molecule has 0 bridgehead atoms. The van der Waals surface area contributed by atoms with Crippen LogP contribution in [0, 0.1) is 11.3 Å². The molecule has 1 atom stereocenters. The molecule has 3 heteroatoms. The Bertz CT molecular complexity index is 614. The Hall–Kier alpha value is -2.57. The van der Waals surface area contributed by atoms with E-state index in [1.807, 2.05) is 66.7 Å². The average molecular weight is 264 g/mol. The van der Waals surface area contributed by atoms with Crippen LogP contribution in [0.1, 0.15) is 11.1 Å². The Morgan fingerprint density at radius 3 is 2.50 bits per heavy atom. The number of aliphatic hydroxyl groups excluding tert-OH is 1. The van der Waals surface area contributed by atoms with E-state index in [1.165, 1.54) is 0 Å². The highest BCUT2D eigenvalue weighted by molar-refractivity contribution is 5.56. The van der Waals surface area contributed by atoms with Gasteiger partial charge in [-0.15, -0.1) is 0 Å². The quantitative estimate of drug-likeness (QED) is 0.872. The molecule has 0 heterocycles. The Balaban J connectivity index is 2.10. The first-order valence-corrected chi connectivity index (χ1v) is 6.41. The molecule has 2 aromatic carbocycles. The lowest BCUT2D eigenvalue weighted by Crippen LogP contribution is -2.15. The van der Waals surface area contributed by atoms with Crippen molar-refractivity contribution in [1.82, 2.24) is 0 Å². The molecule has 0 aliphatic heterocycles. The van der Waals surface area contributed by atoms with Crippen molar-refractivity contribution in [3.05, 3.63) is 71.8 Å². The van der Waals surface area contributed by atoms with E-state index in [-0.39, 0.29) is 6.61 Å². The highest BCUT2D eigenvalue weighted by Gasteiger charge is 2.05. The van der Waals surface area contributed by atoms with E-state index in [0.717, 1.165) is 16.8 Å². The average Bonchev–Trinajstić information content (AvgIpc) is 2.52. The molecule has 0 radical (unpaired) electrons. The molecule has 0 unspecified atom stereocenters. The zero-order valence-corrected chi connectivity index (χ0v) is 11.0. The second-order valence-corrected chi connectivity index (χ2v) is 4.34. The molecule has 0 aromatic heterocycles. The summed E-state index contributed by atoms with van der Waals surface area (Å²) in [4.78, 5) is 0. The molecule has 2 rings (SSSR count). The lowest BCUT2D eigenvalue weighted by atomic mass is 10.1. The van der Waals surface area contributed by atoms with Gasteiger partial charge in [0.25, 0.3) is 0 Å². The molecule has 2 N–H and O–H groups in total. The summed E-state index contributed by atoms with van der Waals surface area (Å²) in [5.41, 5.74) is 2.60. The Morgan fingerprint density at radius 1 is 1.10 bits per heavy atom. The van der Waals surface area contributed by atoms with E-state index in [0.29, 0.717) is 0 Å². The number of hydrogen-bond acceptors (Lipinski definition) is 3. The minimum Gasteiger partial charge on any atom is -0.392 e. The van der Waals surface area contributed by atoms with E-state index in [4.69, 9.17) is 0 Å². The molecule has 20 heavy (non-hydrogen) atoms. The van der Waals surface area contributed by atoms with Crippen LogP contribution in [0.25, 0.3) is 6.08 Å². The predicted octanol–water partition coefficient (Wildman–Crippen LogP) is 3.20.